The van der Waals surface area contributed by atoms with Gasteiger partial charge in [-0.2, -0.15) is 9.59 Å². The van der Waals surface area contributed by atoms with Crippen LogP contribution in [-0.4, -0.2) is 51.4 Å². The van der Waals surface area contributed by atoms with Gasteiger partial charge in [-0.1, -0.05) is 55.6 Å². The number of imide groups is 1. The molecule has 1 aliphatic heterocycles. The summed E-state index contributed by atoms with van der Waals surface area (Å²) in [5.74, 6) is -0.828. The molecule has 1 unspecified atom stereocenters. The van der Waals surface area contributed by atoms with Crippen LogP contribution >= 0.6 is 0 Å². The lowest BCUT2D eigenvalue weighted by Gasteiger charge is -2.24. The molecule has 1 heterocycles. The van der Waals surface area contributed by atoms with Crippen molar-refractivity contribution in [2.24, 2.45) is 16.3 Å². The standard InChI is InChI=1S/C27H37N3O6/c1-18(13-21-16-30(17-28-21,24(33)34)25(35)36-27(5,6)7)29-23(32)20(15-22(31)26(2,3)4)14-19-11-9-8-10-12-19/h8-12,16-18,20H,13-15H2,1-7H3,(H-,29,32,33,34)/p+1/t18-,20-,30?/m1/s1. The minimum atomic E-state index is -1.44. The lowest BCUT2D eigenvalue weighted by Crippen LogP contribution is -2.52. The molecule has 1 aromatic carbocycles. The number of quaternary nitrogens is 1. The van der Waals surface area contributed by atoms with Gasteiger partial charge in [-0.3, -0.25) is 9.59 Å². The van der Waals surface area contributed by atoms with Crippen LogP contribution in [0.15, 0.2) is 47.2 Å². The molecule has 0 saturated carbocycles. The fourth-order valence-corrected chi connectivity index (χ4v) is 3.60. The average Bonchev–Trinajstić information content (AvgIpc) is 3.17. The summed E-state index contributed by atoms with van der Waals surface area (Å²) in [5.41, 5.74) is -0.149. The second-order valence-electron chi connectivity index (χ2n) is 11.3. The van der Waals surface area contributed by atoms with Crippen molar-refractivity contribution >= 4 is 30.2 Å². The lowest BCUT2D eigenvalue weighted by atomic mass is 9.83. The fourth-order valence-electron chi connectivity index (χ4n) is 3.60. The van der Waals surface area contributed by atoms with Crippen LogP contribution in [0.3, 0.4) is 0 Å². The molecule has 1 aliphatic rings. The number of rotatable bonds is 8. The smallest absolute Gasteiger partial charge is 0.434 e. The number of Topliss-reactive ketones (excluding diaryl/α,β-unsaturated/α-hetero) is 1. The minimum Gasteiger partial charge on any atom is -0.434 e. The third-order valence-electron chi connectivity index (χ3n) is 5.64. The van der Waals surface area contributed by atoms with Gasteiger partial charge >= 0.3 is 12.2 Å². The molecule has 1 aromatic rings. The van der Waals surface area contributed by atoms with Crippen LogP contribution in [0.5, 0.6) is 0 Å². The van der Waals surface area contributed by atoms with Crippen molar-refractivity contribution in [2.75, 3.05) is 0 Å². The molecule has 9 heteroatoms. The molecular weight excluding hydrogens is 462 g/mol. The van der Waals surface area contributed by atoms with Crippen LogP contribution in [0.2, 0.25) is 0 Å². The van der Waals surface area contributed by atoms with E-state index in [4.69, 9.17) is 4.74 Å². The SMILES string of the molecule is C[C@H](CC1=C[N+](C(=O)O)(C(=O)OC(C)(C)C)C=N1)NC(=O)[C@@H](CC(=O)C(C)(C)C)Cc1ccccc1. The van der Waals surface area contributed by atoms with Gasteiger partial charge in [0, 0.05) is 30.2 Å². The molecule has 0 spiro atoms. The molecule has 3 amide bonds. The van der Waals surface area contributed by atoms with Crippen molar-refractivity contribution < 1.29 is 33.5 Å². The van der Waals surface area contributed by atoms with Crippen LogP contribution in [0.1, 0.15) is 66.9 Å². The van der Waals surface area contributed by atoms with Crippen molar-refractivity contribution in [1.29, 1.82) is 0 Å². The van der Waals surface area contributed by atoms with E-state index in [-0.39, 0.29) is 24.5 Å². The summed E-state index contributed by atoms with van der Waals surface area (Å²) in [7, 11) is 0. The van der Waals surface area contributed by atoms with E-state index < -0.39 is 39.6 Å². The number of nitrogens with one attached hydrogen (secondary N) is 1. The zero-order valence-electron chi connectivity index (χ0n) is 22.2. The van der Waals surface area contributed by atoms with Gasteiger partial charge < -0.3 is 15.2 Å². The predicted octanol–water partition coefficient (Wildman–Crippen LogP) is 5.06. The largest absolute Gasteiger partial charge is 0.538 e. The van der Waals surface area contributed by atoms with Gasteiger partial charge in [-0.25, -0.2) is 4.99 Å². The Bertz CT molecular complexity index is 1050. The first-order valence-electron chi connectivity index (χ1n) is 12.0. The molecule has 2 rings (SSSR count). The molecule has 0 bridgehead atoms. The van der Waals surface area contributed by atoms with Gasteiger partial charge in [0.15, 0.2) is 0 Å². The Morgan fingerprint density at radius 1 is 1.03 bits per heavy atom. The van der Waals surface area contributed by atoms with Crippen molar-refractivity contribution in [3.63, 3.8) is 0 Å². The first kappa shape index (κ1) is 28.9. The zero-order chi connectivity index (χ0) is 27.3. The molecule has 196 valence electrons. The molecule has 0 saturated heterocycles. The first-order valence-corrected chi connectivity index (χ1v) is 12.0. The number of hydrogen-bond acceptors (Lipinski definition) is 6. The Hall–Kier alpha value is -3.33. The second-order valence-corrected chi connectivity index (χ2v) is 11.3. The number of carbonyl (C=O) groups excluding carboxylic acids is 3. The summed E-state index contributed by atoms with van der Waals surface area (Å²) in [6, 6.07) is 9.09. The van der Waals surface area contributed by atoms with Gasteiger partial charge in [0.25, 0.3) is 0 Å². The summed E-state index contributed by atoms with van der Waals surface area (Å²) < 4.78 is 4.07. The Morgan fingerprint density at radius 2 is 1.64 bits per heavy atom. The summed E-state index contributed by atoms with van der Waals surface area (Å²) >= 11 is 0. The number of ketones is 1. The van der Waals surface area contributed by atoms with Crippen molar-refractivity contribution in [2.45, 2.75) is 79.4 Å². The van der Waals surface area contributed by atoms with Crippen molar-refractivity contribution in [3.05, 3.63) is 47.8 Å². The molecule has 0 aliphatic carbocycles. The monoisotopic (exact) mass is 500 g/mol. The molecule has 0 aromatic heterocycles. The summed E-state index contributed by atoms with van der Waals surface area (Å²) in [6.07, 6.45) is 0.528. The highest BCUT2D eigenvalue weighted by Crippen LogP contribution is 2.26. The Balaban J connectivity index is 2.14. The second kappa shape index (κ2) is 11.2. The molecular formula is C27H38N3O6+. The maximum absolute atomic E-state index is 13.2. The van der Waals surface area contributed by atoms with E-state index in [1.807, 2.05) is 51.1 Å². The Labute approximate surface area is 212 Å². The van der Waals surface area contributed by atoms with E-state index in [0.29, 0.717) is 12.1 Å². The highest BCUT2D eigenvalue weighted by atomic mass is 16.6. The fraction of sp³-hybridized carbons (Fsp3) is 0.519. The third kappa shape index (κ3) is 7.84. The van der Waals surface area contributed by atoms with E-state index in [9.17, 15) is 24.3 Å². The number of benzene rings is 1. The van der Waals surface area contributed by atoms with E-state index in [2.05, 4.69) is 10.3 Å². The van der Waals surface area contributed by atoms with Crippen LogP contribution in [0, 0.1) is 11.3 Å². The maximum Gasteiger partial charge on any atom is 0.538 e. The van der Waals surface area contributed by atoms with Crippen LogP contribution in [0.25, 0.3) is 0 Å². The average molecular weight is 501 g/mol. The van der Waals surface area contributed by atoms with Gasteiger partial charge in [0.1, 0.15) is 23.3 Å². The number of carbonyl (C=O) groups is 4. The van der Waals surface area contributed by atoms with Crippen LogP contribution in [0.4, 0.5) is 9.59 Å². The molecule has 3 atom stereocenters. The van der Waals surface area contributed by atoms with E-state index >= 15 is 0 Å². The zero-order valence-corrected chi connectivity index (χ0v) is 22.2. The Morgan fingerprint density at radius 3 is 2.17 bits per heavy atom. The summed E-state index contributed by atoms with van der Waals surface area (Å²) in [4.78, 5) is 54.6. The highest BCUT2D eigenvalue weighted by molar-refractivity contribution is 5.90. The quantitative estimate of drug-likeness (QED) is 0.481. The third-order valence-corrected chi connectivity index (χ3v) is 5.64. The van der Waals surface area contributed by atoms with Gasteiger partial charge in [-0.05, 0) is 39.7 Å². The molecule has 0 fully saturated rings. The van der Waals surface area contributed by atoms with E-state index in [1.54, 1.807) is 27.7 Å². The maximum atomic E-state index is 13.2. The molecule has 2 N–H and O–H groups in total. The number of amides is 3. The van der Waals surface area contributed by atoms with Gasteiger partial charge in [0.2, 0.25) is 12.2 Å². The molecule has 9 nitrogen and oxygen atoms in total. The lowest BCUT2D eigenvalue weighted by molar-refractivity contribution is -0.622. The Kier molecular flexibility index (Phi) is 8.96. The predicted molar refractivity (Wildman–Crippen MR) is 136 cm³/mol. The number of ether oxygens (including phenoxy) is 1. The number of nitrogens with zero attached hydrogens (tertiary/aromatic N) is 2. The van der Waals surface area contributed by atoms with Crippen molar-refractivity contribution in [3.8, 4) is 0 Å². The normalized spacial score (nSPS) is 19.2. The van der Waals surface area contributed by atoms with E-state index in [0.717, 1.165) is 11.9 Å². The van der Waals surface area contributed by atoms with Gasteiger partial charge in [0.05, 0.1) is 0 Å². The number of aliphatic imine (C=N–C) groups is 1. The first-order chi connectivity index (χ1) is 16.5. The molecule has 36 heavy (non-hydrogen) atoms. The highest BCUT2D eigenvalue weighted by Gasteiger charge is 2.50. The van der Waals surface area contributed by atoms with Gasteiger partial charge in [-0.15, -0.1) is 0 Å². The van der Waals surface area contributed by atoms with Crippen LogP contribution in [-0.2, 0) is 20.7 Å². The number of hydrogen-bond donors (Lipinski definition) is 2. The number of carboxylic acid groups (broad SMARTS) is 1. The summed E-state index contributed by atoms with van der Waals surface area (Å²) in [6.45, 7) is 12.2. The van der Waals surface area contributed by atoms with E-state index in [1.165, 1.54) is 6.20 Å². The van der Waals surface area contributed by atoms with Crippen LogP contribution < -0.4 is 5.32 Å². The minimum absolute atomic E-state index is 0.00441. The van der Waals surface area contributed by atoms with Crippen molar-refractivity contribution in [1.82, 2.24) is 5.32 Å². The summed E-state index contributed by atoms with van der Waals surface area (Å²) in [5, 5.41) is 12.7. The molecule has 0 radical (unpaired) electrons. The topological polar surface area (TPSA) is 122 Å².